The Morgan fingerprint density at radius 1 is 1.27 bits per heavy atom. The molecule has 0 aliphatic heterocycles. The van der Waals surface area contributed by atoms with Gasteiger partial charge in [0.05, 0.1) is 30.0 Å². The average Bonchev–Trinajstić information content (AvgIpc) is 2.63. The van der Waals surface area contributed by atoms with Crippen molar-refractivity contribution in [3.8, 4) is 11.3 Å². The molecule has 2 aromatic rings. The largest absolute Gasteiger partial charge is 0.466 e. The number of ether oxygens (including phenoxy) is 1. The third-order valence-corrected chi connectivity index (χ3v) is 4.48. The summed E-state index contributed by atoms with van der Waals surface area (Å²) >= 11 is 0. The first-order valence-electron chi connectivity index (χ1n) is 8.19. The monoisotopic (exact) mass is 366 g/mol. The Balaban J connectivity index is 1.99. The Labute approximate surface area is 147 Å². The highest BCUT2D eigenvalue weighted by atomic mass is 19.2. The summed E-state index contributed by atoms with van der Waals surface area (Å²) in [6.07, 6.45) is -0.648. The molecule has 8 heteroatoms. The minimum atomic E-state index is -1.26. The third-order valence-electron chi connectivity index (χ3n) is 4.48. The fourth-order valence-electron chi connectivity index (χ4n) is 3.08. The minimum absolute atomic E-state index is 0.0168. The van der Waals surface area contributed by atoms with Crippen molar-refractivity contribution in [3.05, 3.63) is 46.4 Å². The number of hydrogen-bond acceptors (Lipinski definition) is 5. The highest BCUT2D eigenvalue weighted by Gasteiger charge is 2.33. The molecule has 2 unspecified atom stereocenters. The minimum Gasteiger partial charge on any atom is -0.466 e. The molecule has 0 bridgehead atoms. The molecular formula is C18H17F3N2O3. The standard InChI is InChI=1S/C18H17F3N2O3/c1-3-26-18(25)9-4-13-10(15(24)5-9)7-14(23-22-13)11-6-12(19)17(21)8(2)16(11)20/h6-7,9,15,24H,3-5H2,1-2H3. The molecule has 0 saturated carbocycles. The summed E-state index contributed by atoms with van der Waals surface area (Å²) in [6, 6.07) is 2.11. The van der Waals surface area contributed by atoms with Gasteiger partial charge in [-0.25, -0.2) is 13.2 Å². The van der Waals surface area contributed by atoms with E-state index in [-0.39, 0.29) is 30.7 Å². The van der Waals surface area contributed by atoms with Gasteiger partial charge in [0.15, 0.2) is 11.6 Å². The van der Waals surface area contributed by atoms with E-state index in [0.717, 1.165) is 6.92 Å². The predicted molar refractivity (Wildman–Crippen MR) is 85.5 cm³/mol. The highest BCUT2D eigenvalue weighted by Crippen LogP contribution is 2.35. The van der Waals surface area contributed by atoms with Crippen LogP contribution in [0.15, 0.2) is 12.1 Å². The lowest BCUT2D eigenvalue weighted by Crippen LogP contribution is -2.28. The molecule has 0 radical (unpaired) electrons. The van der Waals surface area contributed by atoms with Crippen LogP contribution in [-0.2, 0) is 16.0 Å². The first-order chi connectivity index (χ1) is 12.3. The Morgan fingerprint density at radius 2 is 2.00 bits per heavy atom. The number of carbonyl (C=O) groups excluding carboxylic acids is 1. The number of hydrogen-bond donors (Lipinski definition) is 1. The quantitative estimate of drug-likeness (QED) is 0.668. The van der Waals surface area contributed by atoms with E-state index in [1.54, 1.807) is 6.92 Å². The van der Waals surface area contributed by atoms with Crippen molar-refractivity contribution in [3.63, 3.8) is 0 Å². The summed E-state index contributed by atoms with van der Waals surface area (Å²) in [7, 11) is 0. The molecular weight excluding hydrogens is 349 g/mol. The van der Waals surface area contributed by atoms with E-state index in [2.05, 4.69) is 10.2 Å². The second-order valence-electron chi connectivity index (χ2n) is 6.20. The zero-order valence-corrected chi connectivity index (χ0v) is 14.2. The smallest absolute Gasteiger partial charge is 0.309 e. The van der Waals surface area contributed by atoms with E-state index < -0.39 is 41.0 Å². The molecule has 1 N–H and O–H groups in total. The number of esters is 1. The van der Waals surface area contributed by atoms with Crippen LogP contribution in [0.4, 0.5) is 13.2 Å². The number of aromatic nitrogens is 2. The summed E-state index contributed by atoms with van der Waals surface area (Å²) < 4.78 is 46.4. The van der Waals surface area contributed by atoms with Crippen molar-refractivity contribution in [1.29, 1.82) is 0 Å². The molecule has 138 valence electrons. The first-order valence-corrected chi connectivity index (χ1v) is 8.19. The molecule has 0 amide bonds. The fourth-order valence-corrected chi connectivity index (χ4v) is 3.08. The zero-order valence-electron chi connectivity index (χ0n) is 14.2. The average molecular weight is 366 g/mol. The van der Waals surface area contributed by atoms with Crippen molar-refractivity contribution >= 4 is 5.97 Å². The van der Waals surface area contributed by atoms with Gasteiger partial charge in [0.25, 0.3) is 0 Å². The number of benzene rings is 1. The SMILES string of the molecule is CCOC(=O)C1Cc2nnc(-c3cc(F)c(F)c(C)c3F)cc2C(O)C1. The van der Waals surface area contributed by atoms with E-state index in [4.69, 9.17) is 4.74 Å². The molecule has 0 spiro atoms. The number of fused-ring (bicyclic) bond motifs is 1. The molecule has 26 heavy (non-hydrogen) atoms. The number of rotatable bonds is 3. The number of aliphatic hydroxyl groups excluding tert-OH is 1. The number of carbonyl (C=O) groups is 1. The topological polar surface area (TPSA) is 72.3 Å². The molecule has 1 aromatic carbocycles. The van der Waals surface area contributed by atoms with Crippen LogP contribution in [-0.4, -0.2) is 27.9 Å². The lowest BCUT2D eigenvalue weighted by Gasteiger charge is -2.26. The van der Waals surface area contributed by atoms with Crippen LogP contribution in [0.3, 0.4) is 0 Å². The van der Waals surface area contributed by atoms with Crippen LogP contribution < -0.4 is 0 Å². The zero-order chi connectivity index (χ0) is 19.0. The van der Waals surface area contributed by atoms with Crippen LogP contribution in [0.25, 0.3) is 11.3 Å². The lowest BCUT2D eigenvalue weighted by molar-refractivity contribution is -0.149. The van der Waals surface area contributed by atoms with Crippen LogP contribution in [0.2, 0.25) is 0 Å². The molecule has 1 aliphatic rings. The van der Waals surface area contributed by atoms with Crippen molar-refractivity contribution < 1.29 is 27.8 Å². The molecule has 1 aliphatic carbocycles. The third kappa shape index (κ3) is 3.16. The van der Waals surface area contributed by atoms with E-state index in [1.165, 1.54) is 6.07 Å². The molecule has 0 saturated heterocycles. The van der Waals surface area contributed by atoms with Crippen molar-refractivity contribution in [2.75, 3.05) is 6.61 Å². The summed E-state index contributed by atoms with van der Waals surface area (Å²) in [6.45, 7) is 3.05. The number of halogens is 3. The van der Waals surface area contributed by atoms with Gasteiger partial charge in [-0.3, -0.25) is 4.79 Å². The van der Waals surface area contributed by atoms with E-state index in [0.29, 0.717) is 17.3 Å². The van der Waals surface area contributed by atoms with E-state index >= 15 is 0 Å². The first kappa shape index (κ1) is 18.3. The Hall–Kier alpha value is -2.48. The maximum atomic E-state index is 14.3. The van der Waals surface area contributed by atoms with Crippen molar-refractivity contribution in [2.24, 2.45) is 5.92 Å². The second kappa shape index (κ2) is 7.03. The van der Waals surface area contributed by atoms with Gasteiger partial charge in [-0.15, -0.1) is 0 Å². The lowest BCUT2D eigenvalue weighted by atomic mass is 9.84. The van der Waals surface area contributed by atoms with Gasteiger partial charge in [-0.1, -0.05) is 0 Å². The molecule has 1 aromatic heterocycles. The maximum Gasteiger partial charge on any atom is 0.309 e. The number of aliphatic hydroxyl groups is 1. The molecule has 2 atom stereocenters. The second-order valence-corrected chi connectivity index (χ2v) is 6.20. The Morgan fingerprint density at radius 3 is 2.69 bits per heavy atom. The summed E-state index contributed by atoms with van der Waals surface area (Å²) in [5.41, 5.74) is 0.0679. The Kier molecular flexibility index (Phi) is 4.95. The molecule has 1 heterocycles. The molecule has 5 nitrogen and oxygen atoms in total. The van der Waals surface area contributed by atoms with Gasteiger partial charge in [-0.2, -0.15) is 10.2 Å². The van der Waals surface area contributed by atoms with Gasteiger partial charge in [0.1, 0.15) is 5.82 Å². The highest BCUT2D eigenvalue weighted by molar-refractivity contribution is 5.73. The summed E-state index contributed by atoms with van der Waals surface area (Å²) in [5.74, 6) is -4.35. The Bertz CT molecular complexity index is 873. The van der Waals surface area contributed by atoms with Crippen LogP contribution in [0, 0.1) is 30.3 Å². The molecule has 3 rings (SSSR count). The van der Waals surface area contributed by atoms with Crippen LogP contribution in [0.5, 0.6) is 0 Å². The van der Waals surface area contributed by atoms with Crippen molar-refractivity contribution in [2.45, 2.75) is 32.8 Å². The van der Waals surface area contributed by atoms with Crippen LogP contribution >= 0.6 is 0 Å². The van der Waals surface area contributed by atoms with E-state index in [1.807, 2.05) is 0 Å². The maximum absolute atomic E-state index is 14.3. The van der Waals surface area contributed by atoms with Gasteiger partial charge < -0.3 is 9.84 Å². The fraction of sp³-hybridized carbons (Fsp3) is 0.389. The summed E-state index contributed by atoms with van der Waals surface area (Å²) in [4.78, 5) is 11.9. The number of nitrogens with zero attached hydrogens (tertiary/aromatic N) is 2. The van der Waals surface area contributed by atoms with Gasteiger partial charge in [-0.05, 0) is 32.4 Å². The van der Waals surface area contributed by atoms with E-state index in [9.17, 15) is 23.1 Å². The normalized spacial score (nSPS) is 19.2. The predicted octanol–water partition coefficient (Wildman–Crippen LogP) is 3.03. The van der Waals surface area contributed by atoms with Gasteiger partial charge >= 0.3 is 5.97 Å². The van der Waals surface area contributed by atoms with Gasteiger partial charge in [0, 0.05) is 23.1 Å². The van der Waals surface area contributed by atoms with Crippen LogP contribution in [0.1, 0.15) is 36.3 Å². The van der Waals surface area contributed by atoms with Gasteiger partial charge in [0.2, 0.25) is 0 Å². The summed E-state index contributed by atoms with van der Waals surface area (Å²) in [5, 5.41) is 18.2. The molecule has 0 fully saturated rings. The van der Waals surface area contributed by atoms with Crippen molar-refractivity contribution in [1.82, 2.24) is 10.2 Å².